The number of rotatable bonds is 1. The Kier molecular flexibility index (Phi) is 2.73. The molecule has 2 atom stereocenters. The van der Waals surface area contributed by atoms with Gasteiger partial charge in [-0.25, -0.2) is 0 Å². The SMILES string of the molecule is COc1ccc2c(c1)C(=O)CC1C(=O)CCCC21C. The molecule has 0 spiro atoms. The maximum absolute atomic E-state index is 12.3. The predicted octanol–water partition coefficient (Wildman–Crippen LogP) is 2.91. The fraction of sp³-hybridized carbons (Fsp3) is 0.500. The van der Waals surface area contributed by atoms with Gasteiger partial charge in [0.15, 0.2) is 5.78 Å². The minimum absolute atomic E-state index is 0.0756. The number of benzene rings is 1. The summed E-state index contributed by atoms with van der Waals surface area (Å²) in [5.74, 6) is 0.904. The lowest BCUT2D eigenvalue weighted by Crippen LogP contribution is -2.46. The summed E-state index contributed by atoms with van der Waals surface area (Å²) in [6, 6.07) is 5.67. The molecule has 0 saturated heterocycles. The average Bonchev–Trinajstić information content (AvgIpc) is 2.41. The Morgan fingerprint density at radius 2 is 2.11 bits per heavy atom. The quantitative estimate of drug-likeness (QED) is 0.778. The normalized spacial score (nSPS) is 29.7. The molecule has 0 bridgehead atoms. The van der Waals surface area contributed by atoms with E-state index in [-0.39, 0.29) is 22.9 Å². The monoisotopic (exact) mass is 258 g/mol. The summed E-state index contributed by atoms with van der Waals surface area (Å²) in [4.78, 5) is 24.4. The van der Waals surface area contributed by atoms with Crippen molar-refractivity contribution < 1.29 is 14.3 Å². The van der Waals surface area contributed by atoms with Gasteiger partial charge in [-0.3, -0.25) is 9.59 Å². The van der Waals surface area contributed by atoms with Crippen LogP contribution in [-0.4, -0.2) is 18.7 Å². The molecule has 1 fully saturated rings. The van der Waals surface area contributed by atoms with Crippen LogP contribution < -0.4 is 4.74 Å². The summed E-state index contributed by atoms with van der Waals surface area (Å²) in [7, 11) is 1.60. The first-order chi connectivity index (χ1) is 9.06. The minimum atomic E-state index is -0.176. The zero-order chi connectivity index (χ0) is 13.6. The molecular weight excluding hydrogens is 240 g/mol. The second-order valence-corrected chi connectivity index (χ2v) is 5.83. The Morgan fingerprint density at radius 3 is 2.84 bits per heavy atom. The average molecular weight is 258 g/mol. The number of hydrogen-bond donors (Lipinski definition) is 0. The zero-order valence-electron chi connectivity index (χ0n) is 11.4. The highest BCUT2D eigenvalue weighted by atomic mass is 16.5. The van der Waals surface area contributed by atoms with Crippen molar-refractivity contribution in [1.29, 1.82) is 0 Å². The van der Waals surface area contributed by atoms with E-state index in [1.807, 2.05) is 18.2 Å². The summed E-state index contributed by atoms with van der Waals surface area (Å²) < 4.78 is 5.20. The molecule has 3 rings (SSSR count). The second kappa shape index (κ2) is 4.19. The van der Waals surface area contributed by atoms with E-state index < -0.39 is 0 Å². The third kappa shape index (κ3) is 1.71. The highest BCUT2D eigenvalue weighted by Gasteiger charge is 2.48. The van der Waals surface area contributed by atoms with Crippen molar-refractivity contribution in [3.63, 3.8) is 0 Å². The Hall–Kier alpha value is -1.64. The van der Waals surface area contributed by atoms with Crippen molar-refractivity contribution in [2.45, 2.75) is 38.0 Å². The summed E-state index contributed by atoms with van der Waals surface area (Å²) in [6.07, 6.45) is 2.88. The van der Waals surface area contributed by atoms with Gasteiger partial charge in [0.25, 0.3) is 0 Å². The summed E-state index contributed by atoms with van der Waals surface area (Å²) >= 11 is 0. The molecule has 0 aromatic heterocycles. The van der Waals surface area contributed by atoms with E-state index in [0.717, 1.165) is 24.0 Å². The lowest BCUT2D eigenvalue weighted by molar-refractivity contribution is -0.127. The maximum atomic E-state index is 12.3. The van der Waals surface area contributed by atoms with Crippen LogP contribution in [-0.2, 0) is 10.2 Å². The number of fused-ring (bicyclic) bond motifs is 3. The molecule has 2 aliphatic rings. The molecule has 0 aliphatic heterocycles. The molecule has 1 aromatic rings. The molecule has 0 amide bonds. The molecule has 1 aromatic carbocycles. The van der Waals surface area contributed by atoms with Crippen molar-refractivity contribution in [3.05, 3.63) is 29.3 Å². The summed E-state index contributed by atoms with van der Waals surface area (Å²) in [6.45, 7) is 2.13. The molecule has 3 nitrogen and oxygen atoms in total. The Labute approximate surface area is 113 Å². The number of methoxy groups -OCH3 is 1. The Bertz CT molecular complexity index is 561. The number of ketones is 2. The Balaban J connectivity index is 2.16. The number of Topliss-reactive ketones (excluding diaryl/α,β-unsaturated/α-hetero) is 2. The predicted molar refractivity (Wildman–Crippen MR) is 71.6 cm³/mol. The zero-order valence-corrected chi connectivity index (χ0v) is 11.4. The first-order valence-corrected chi connectivity index (χ1v) is 6.80. The van der Waals surface area contributed by atoms with Gasteiger partial charge in [-0.05, 0) is 30.5 Å². The van der Waals surface area contributed by atoms with Crippen LogP contribution in [0.25, 0.3) is 0 Å². The van der Waals surface area contributed by atoms with E-state index in [1.54, 1.807) is 7.11 Å². The van der Waals surface area contributed by atoms with E-state index >= 15 is 0 Å². The number of carbonyl (C=O) groups excluding carboxylic acids is 2. The fourth-order valence-electron chi connectivity index (χ4n) is 3.67. The summed E-state index contributed by atoms with van der Waals surface area (Å²) in [5, 5.41) is 0. The van der Waals surface area contributed by atoms with E-state index in [1.165, 1.54) is 0 Å². The number of ether oxygens (including phenoxy) is 1. The van der Waals surface area contributed by atoms with Crippen LogP contribution >= 0.6 is 0 Å². The van der Waals surface area contributed by atoms with Crippen LogP contribution in [0.1, 0.15) is 48.5 Å². The van der Waals surface area contributed by atoms with Gasteiger partial charge in [0.1, 0.15) is 11.5 Å². The number of hydrogen-bond acceptors (Lipinski definition) is 3. The third-order valence-electron chi connectivity index (χ3n) is 4.81. The molecule has 0 N–H and O–H groups in total. The van der Waals surface area contributed by atoms with Crippen molar-refractivity contribution in [1.82, 2.24) is 0 Å². The standard InChI is InChI=1S/C16H18O3/c1-16-7-3-4-14(17)13(16)9-15(18)11-8-10(19-2)5-6-12(11)16/h5-6,8,13H,3-4,7,9H2,1-2H3. The van der Waals surface area contributed by atoms with Gasteiger partial charge in [0, 0.05) is 29.7 Å². The van der Waals surface area contributed by atoms with Crippen molar-refractivity contribution in [3.8, 4) is 5.75 Å². The minimum Gasteiger partial charge on any atom is -0.497 e. The second-order valence-electron chi connectivity index (χ2n) is 5.83. The molecular formula is C16H18O3. The van der Waals surface area contributed by atoms with Gasteiger partial charge in [-0.2, -0.15) is 0 Å². The summed E-state index contributed by atoms with van der Waals surface area (Å²) in [5.41, 5.74) is 1.60. The van der Waals surface area contributed by atoms with Gasteiger partial charge in [0.2, 0.25) is 0 Å². The van der Waals surface area contributed by atoms with Crippen LogP contribution in [0.5, 0.6) is 5.75 Å². The largest absolute Gasteiger partial charge is 0.497 e. The van der Waals surface area contributed by atoms with Crippen molar-refractivity contribution in [2.24, 2.45) is 5.92 Å². The fourth-order valence-corrected chi connectivity index (χ4v) is 3.67. The number of carbonyl (C=O) groups is 2. The van der Waals surface area contributed by atoms with Gasteiger partial charge >= 0.3 is 0 Å². The molecule has 2 aliphatic carbocycles. The Morgan fingerprint density at radius 1 is 1.32 bits per heavy atom. The van der Waals surface area contributed by atoms with Crippen LogP contribution in [0.2, 0.25) is 0 Å². The molecule has 19 heavy (non-hydrogen) atoms. The van der Waals surface area contributed by atoms with Crippen molar-refractivity contribution >= 4 is 11.6 Å². The van der Waals surface area contributed by atoms with E-state index in [0.29, 0.717) is 18.6 Å². The van der Waals surface area contributed by atoms with Gasteiger partial charge < -0.3 is 4.74 Å². The molecule has 2 unspecified atom stereocenters. The highest BCUT2D eigenvalue weighted by molar-refractivity contribution is 6.03. The third-order valence-corrected chi connectivity index (χ3v) is 4.81. The molecule has 0 heterocycles. The van der Waals surface area contributed by atoms with Gasteiger partial charge in [-0.15, -0.1) is 0 Å². The van der Waals surface area contributed by atoms with Crippen LogP contribution in [0.3, 0.4) is 0 Å². The lowest BCUT2D eigenvalue weighted by Gasteiger charge is -2.44. The topological polar surface area (TPSA) is 43.4 Å². The maximum Gasteiger partial charge on any atom is 0.164 e. The van der Waals surface area contributed by atoms with Crippen LogP contribution in [0.4, 0.5) is 0 Å². The smallest absolute Gasteiger partial charge is 0.164 e. The van der Waals surface area contributed by atoms with E-state index in [2.05, 4.69) is 6.92 Å². The lowest BCUT2D eigenvalue weighted by atomic mass is 9.57. The van der Waals surface area contributed by atoms with Crippen LogP contribution in [0.15, 0.2) is 18.2 Å². The first kappa shape index (κ1) is 12.4. The molecule has 1 saturated carbocycles. The van der Waals surface area contributed by atoms with Gasteiger partial charge in [0.05, 0.1) is 7.11 Å². The molecule has 100 valence electrons. The molecule has 3 heteroatoms. The van der Waals surface area contributed by atoms with Crippen LogP contribution in [0, 0.1) is 5.92 Å². The van der Waals surface area contributed by atoms with E-state index in [9.17, 15) is 9.59 Å². The molecule has 0 radical (unpaired) electrons. The first-order valence-electron chi connectivity index (χ1n) is 6.80. The van der Waals surface area contributed by atoms with E-state index in [4.69, 9.17) is 4.74 Å². The van der Waals surface area contributed by atoms with Gasteiger partial charge in [-0.1, -0.05) is 13.0 Å². The van der Waals surface area contributed by atoms with Crippen molar-refractivity contribution in [2.75, 3.05) is 7.11 Å². The highest BCUT2D eigenvalue weighted by Crippen LogP contribution is 2.48.